The van der Waals surface area contributed by atoms with Gasteiger partial charge in [-0.15, -0.1) is 0 Å². The summed E-state index contributed by atoms with van der Waals surface area (Å²) < 4.78 is 23.1. The van der Waals surface area contributed by atoms with Gasteiger partial charge in [-0.1, -0.05) is 48.5 Å². The largest absolute Gasteiger partial charge is 0.508 e. The highest BCUT2D eigenvalue weighted by atomic mass is 31.1. The second-order valence-corrected chi connectivity index (χ2v) is 7.50. The molecule has 6 heteroatoms. The molecule has 150 valence electrons. The summed E-state index contributed by atoms with van der Waals surface area (Å²) in [6.07, 6.45) is 0. The van der Waals surface area contributed by atoms with Gasteiger partial charge in [0.05, 0.1) is 0 Å². The van der Waals surface area contributed by atoms with E-state index in [1.807, 2.05) is 48.5 Å². The van der Waals surface area contributed by atoms with Crippen molar-refractivity contribution in [3.8, 4) is 45.3 Å². The standard InChI is InChI=1S/C24H19O5P/c25-21-9-1-17(2-10-21)19-5-13-23(14-6-19)28-30(27)29-24-15-7-20(8-16-24)18-3-11-22(26)12-4-18/h1-16,25-26,30H. The lowest BCUT2D eigenvalue weighted by Gasteiger charge is -2.10. The SMILES string of the molecule is O=[PH](Oc1ccc(-c2ccc(O)cc2)cc1)Oc1ccc(-c2ccc(O)cc2)cc1. The third kappa shape index (κ3) is 4.83. The van der Waals surface area contributed by atoms with Gasteiger partial charge >= 0.3 is 8.25 Å². The highest BCUT2D eigenvalue weighted by molar-refractivity contribution is 7.34. The van der Waals surface area contributed by atoms with E-state index in [-0.39, 0.29) is 11.5 Å². The molecule has 0 atom stereocenters. The van der Waals surface area contributed by atoms with Crippen molar-refractivity contribution >= 4 is 8.25 Å². The first kappa shape index (κ1) is 19.6. The fraction of sp³-hybridized carbons (Fsp3) is 0. The first-order valence-electron chi connectivity index (χ1n) is 9.25. The molecule has 0 saturated carbocycles. The first-order valence-corrected chi connectivity index (χ1v) is 10.5. The fourth-order valence-electron chi connectivity index (χ4n) is 2.95. The molecular weight excluding hydrogens is 399 g/mol. The second-order valence-electron chi connectivity index (χ2n) is 6.60. The lowest BCUT2D eigenvalue weighted by Crippen LogP contribution is -1.89. The summed E-state index contributed by atoms with van der Waals surface area (Å²) in [5.74, 6) is 1.32. The van der Waals surface area contributed by atoms with Crippen molar-refractivity contribution < 1.29 is 23.8 Å². The molecule has 5 nitrogen and oxygen atoms in total. The van der Waals surface area contributed by atoms with Crippen molar-refractivity contribution in [2.45, 2.75) is 0 Å². The lowest BCUT2D eigenvalue weighted by molar-refractivity contribution is 0.415. The van der Waals surface area contributed by atoms with Gasteiger partial charge in [0.2, 0.25) is 0 Å². The number of phenols is 2. The molecule has 0 aliphatic rings. The van der Waals surface area contributed by atoms with Crippen LogP contribution in [0, 0.1) is 0 Å². The normalized spacial score (nSPS) is 10.7. The van der Waals surface area contributed by atoms with E-state index in [1.54, 1.807) is 48.5 Å². The molecule has 4 rings (SSSR count). The minimum absolute atomic E-state index is 0.213. The predicted molar refractivity (Wildman–Crippen MR) is 117 cm³/mol. The molecule has 4 aromatic carbocycles. The van der Waals surface area contributed by atoms with Crippen molar-refractivity contribution in [2.24, 2.45) is 0 Å². The molecule has 0 amide bonds. The third-order valence-corrected chi connectivity index (χ3v) is 5.32. The zero-order chi connectivity index (χ0) is 20.9. The van der Waals surface area contributed by atoms with Gasteiger partial charge in [-0.25, -0.2) is 4.57 Å². The van der Waals surface area contributed by atoms with Gasteiger partial charge in [-0.05, 0) is 70.8 Å². The Hall–Kier alpha value is -3.69. The Morgan fingerprint density at radius 3 is 1.03 bits per heavy atom. The van der Waals surface area contributed by atoms with Gasteiger partial charge in [0, 0.05) is 0 Å². The second kappa shape index (κ2) is 8.76. The van der Waals surface area contributed by atoms with Gasteiger partial charge in [0.25, 0.3) is 0 Å². The quantitative estimate of drug-likeness (QED) is 0.361. The molecule has 0 saturated heterocycles. The smallest absolute Gasteiger partial charge is 0.418 e. The number of rotatable bonds is 6. The van der Waals surface area contributed by atoms with Gasteiger partial charge in [-0.3, -0.25) is 0 Å². The third-order valence-electron chi connectivity index (χ3n) is 4.51. The van der Waals surface area contributed by atoms with Crippen LogP contribution in [-0.2, 0) is 4.57 Å². The van der Waals surface area contributed by atoms with Crippen molar-refractivity contribution in [3.05, 3.63) is 97.1 Å². The molecule has 0 radical (unpaired) electrons. The van der Waals surface area contributed by atoms with Crippen LogP contribution in [0.4, 0.5) is 0 Å². The summed E-state index contributed by atoms with van der Waals surface area (Å²) in [6.45, 7) is 0. The molecule has 2 N–H and O–H groups in total. The monoisotopic (exact) mass is 418 g/mol. The molecule has 4 aromatic rings. The first-order chi connectivity index (χ1) is 14.6. The van der Waals surface area contributed by atoms with E-state index < -0.39 is 8.25 Å². The highest BCUT2D eigenvalue weighted by Gasteiger charge is 2.06. The van der Waals surface area contributed by atoms with Crippen molar-refractivity contribution in [2.75, 3.05) is 0 Å². The van der Waals surface area contributed by atoms with Crippen LogP contribution in [-0.4, -0.2) is 10.2 Å². The molecule has 0 heterocycles. The van der Waals surface area contributed by atoms with Crippen molar-refractivity contribution in [1.82, 2.24) is 0 Å². The van der Waals surface area contributed by atoms with Crippen molar-refractivity contribution in [3.63, 3.8) is 0 Å². The van der Waals surface area contributed by atoms with E-state index in [2.05, 4.69) is 0 Å². The van der Waals surface area contributed by atoms with Crippen LogP contribution in [0.1, 0.15) is 0 Å². The maximum atomic E-state index is 12.3. The maximum absolute atomic E-state index is 12.3. The predicted octanol–water partition coefficient (Wildman–Crippen LogP) is 6.28. The van der Waals surface area contributed by atoms with Gasteiger partial charge in [0.1, 0.15) is 23.0 Å². The zero-order valence-corrected chi connectivity index (χ0v) is 16.9. The molecule has 0 aliphatic heterocycles. The Morgan fingerprint density at radius 1 is 0.467 bits per heavy atom. The van der Waals surface area contributed by atoms with Gasteiger partial charge < -0.3 is 19.3 Å². The lowest BCUT2D eigenvalue weighted by atomic mass is 10.1. The van der Waals surface area contributed by atoms with Crippen LogP contribution < -0.4 is 9.05 Å². The zero-order valence-electron chi connectivity index (χ0n) is 15.9. The molecule has 0 aromatic heterocycles. The summed E-state index contributed by atoms with van der Waals surface area (Å²) in [6, 6.07) is 28.1. The molecule has 30 heavy (non-hydrogen) atoms. The molecule has 0 bridgehead atoms. The summed E-state index contributed by atoms with van der Waals surface area (Å²) in [5, 5.41) is 18.8. The van der Waals surface area contributed by atoms with Crippen LogP contribution >= 0.6 is 8.25 Å². The average molecular weight is 418 g/mol. The van der Waals surface area contributed by atoms with E-state index >= 15 is 0 Å². The van der Waals surface area contributed by atoms with Crippen molar-refractivity contribution in [1.29, 1.82) is 0 Å². The van der Waals surface area contributed by atoms with E-state index in [9.17, 15) is 14.8 Å². The summed E-state index contributed by atoms with van der Waals surface area (Å²) in [4.78, 5) is 0. The van der Waals surface area contributed by atoms with Gasteiger partial charge in [-0.2, -0.15) is 0 Å². The summed E-state index contributed by atoms with van der Waals surface area (Å²) >= 11 is 0. The molecule has 0 fully saturated rings. The molecule has 0 aliphatic carbocycles. The number of aromatic hydroxyl groups is 2. The maximum Gasteiger partial charge on any atom is 0.418 e. The van der Waals surface area contributed by atoms with Gasteiger partial charge in [0.15, 0.2) is 0 Å². The van der Waals surface area contributed by atoms with E-state index in [0.29, 0.717) is 11.5 Å². The van der Waals surface area contributed by atoms with E-state index in [0.717, 1.165) is 22.3 Å². The summed E-state index contributed by atoms with van der Waals surface area (Å²) in [7, 11) is -2.77. The number of phenolic OH excluding ortho intramolecular Hbond substituents is 2. The van der Waals surface area contributed by atoms with Crippen LogP contribution in [0.25, 0.3) is 22.3 Å². The number of hydrogen-bond acceptors (Lipinski definition) is 5. The Labute approximate surface area is 174 Å². The van der Waals surface area contributed by atoms with Crippen LogP contribution in [0.2, 0.25) is 0 Å². The van der Waals surface area contributed by atoms with E-state index in [1.165, 1.54) is 0 Å². The average Bonchev–Trinajstić information content (AvgIpc) is 2.76. The van der Waals surface area contributed by atoms with Crippen LogP contribution in [0.3, 0.4) is 0 Å². The molecule has 0 spiro atoms. The Morgan fingerprint density at radius 2 is 0.733 bits per heavy atom. The minimum Gasteiger partial charge on any atom is -0.508 e. The minimum atomic E-state index is -2.77. The molecular formula is C24H19O5P. The van der Waals surface area contributed by atoms with Crippen LogP contribution in [0.15, 0.2) is 97.1 Å². The fourth-order valence-corrected chi connectivity index (χ4v) is 3.65. The Bertz CT molecular complexity index is 1040. The van der Waals surface area contributed by atoms with Crippen LogP contribution in [0.5, 0.6) is 23.0 Å². The Balaban J connectivity index is 1.37. The summed E-state index contributed by atoms with van der Waals surface area (Å²) in [5.41, 5.74) is 3.81. The topological polar surface area (TPSA) is 76.0 Å². The Kier molecular flexibility index (Phi) is 5.73. The number of hydrogen-bond donors (Lipinski definition) is 2. The highest BCUT2D eigenvalue weighted by Crippen LogP contribution is 2.33. The molecule has 0 unspecified atom stereocenters. The number of benzene rings is 4. The van der Waals surface area contributed by atoms with E-state index in [4.69, 9.17) is 9.05 Å².